The van der Waals surface area contributed by atoms with E-state index in [1.165, 1.54) is 0 Å². The summed E-state index contributed by atoms with van der Waals surface area (Å²) in [6.45, 7) is 5.46. The topological polar surface area (TPSA) is 76.0 Å². The van der Waals surface area contributed by atoms with Crippen LogP contribution in [0.5, 0.6) is 0 Å². The molecule has 0 bridgehead atoms. The molecule has 2 N–H and O–H groups in total. The second-order valence-corrected chi connectivity index (χ2v) is 7.05. The second-order valence-electron chi connectivity index (χ2n) is 7.05. The number of aryl methyl sites for hydroxylation is 2. The van der Waals surface area contributed by atoms with Crippen molar-refractivity contribution in [1.82, 2.24) is 20.4 Å². The first-order valence-corrected chi connectivity index (χ1v) is 9.70. The van der Waals surface area contributed by atoms with Crippen LogP contribution in [-0.2, 0) is 17.9 Å². The molecule has 0 aliphatic rings. The Morgan fingerprint density at radius 2 is 1.66 bits per heavy atom. The van der Waals surface area contributed by atoms with E-state index in [-0.39, 0.29) is 18.2 Å². The van der Waals surface area contributed by atoms with Crippen LogP contribution in [-0.4, -0.2) is 28.1 Å². The molecular weight excluding hydrogens is 364 g/mol. The Morgan fingerprint density at radius 1 is 0.931 bits per heavy atom. The first-order valence-electron chi connectivity index (χ1n) is 9.70. The molecule has 0 aliphatic carbocycles. The van der Waals surface area contributed by atoms with Gasteiger partial charge in [0.1, 0.15) is 0 Å². The van der Waals surface area contributed by atoms with Crippen molar-refractivity contribution in [3.05, 3.63) is 88.7 Å². The fraction of sp³-hybridized carbons (Fsp3) is 0.261. The van der Waals surface area contributed by atoms with Crippen molar-refractivity contribution in [3.8, 4) is 0 Å². The molecule has 0 unspecified atom stereocenters. The molecule has 1 heterocycles. The van der Waals surface area contributed by atoms with Gasteiger partial charge in [-0.15, -0.1) is 0 Å². The van der Waals surface area contributed by atoms with Gasteiger partial charge < -0.3 is 10.6 Å². The van der Waals surface area contributed by atoms with Crippen molar-refractivity contribution in [2.24, 2.45) is 0 Å². The predicted octanol–water partition coefficient (Wildman–Crippen LogP) is 2.98. The molecular formula is C23H26N4O2. The molecule has 150 valence electrons. The third kappa shape index (κ3) is 6.04. The summed E-state index contributed by atoms with van der Waals surface area (Å²) in [5, 5.41) is 10.1. The molecule has 0 saturated heterocycles. The van der Waals surface area contributed by atoms with Gasteiger partial charge in [-0.05, 0) is 43.2 Å². The van der Waals surface area contributed by atoms with Crippen molar-refractivity contribution in [1.29, 1.82) is 0 Å². The lowest BCUT2D eigenvalue weighted by atomic mass is 10.1. The number of hydrogen-bond donors (Lipinski definition) is 2. The molecule has 6 heteroatoms. The Kier molecular flexibility index (Phi) is 6.79. The van der Waals surface area contributed by atoms with Gasteiger partial charge in [-0.25, -0.2) is 0 Å². The summed E-state index contributed by atoms with van der Waals surface area (Å²) in [6.07, 6.45) is 0.245. The number of hydrogen-bond acceptors (Lipinski definition) is 3. The first-order chi connectivity index (χ1) is 14.0. The molecule has 0 spiro atoms. The fourth-order valence-corrected chi connectivity index (χ4v) is 3.05. The fourth-order valence-electron chi connectivity index (χ4n) is 3.05. The summed E-state index contributed by atoms with van der Waals surface area (Å²) in [6, 6.07) is 19.2. The highest BCUT2D eigenvalue weighted by atomic mass is 16.2. The number of nitrogens with zero attached hydrogens (tertiary/aromatic N) is 2. The van der Waals surface area contributed by atoms with Crippen molar-refractivity contribution in [2.45, 2.75) is 33.4 Å². The van der Waals surface area contributed by atoms with Gasteiger partial charge in [-0.2, -0.15) is 5.10 Å². The lowest BCUT2D eigenvalue weighted by molar-refractivity contribution is -0.121. The Labute approximate surface area is 170 Å². The largest absolute Gasteiger partial charge is 0.352 e. The molecule has 3 aromatic rings. The summed E-state index contributed by atoms with van der Waals surface area (Å²) in [5.41, 5.74) is 4.80. The van der Waals surface area contributed by atoms with Gasteiger partial charge >= 0.3 is 0 Å². The van der Waals surface area contributed by atoms with Crippen LogP contribution in [0.1, 0.15) is 39.3 Å². The van der Waals surface area contributed by atoms with E-state index in [1.54, 1.807) is 12.1 Å². The minimum absolute atomic E-state index is 0.0885. The molecule has 2 amide bonds. The van der Waals surface area contributed by atoms with Crippen LogP contribution < -0.4 is 10.6 Å². The smallest absolute Gasteiger partial charge is 0.251 e. The van der Waals surface area contributed by atoms with Crippen molar-refractivity contribution in [3.63, 3.8) is 0 Å². The summed E-state index contributed by atoms with van der Waals surface area (Å²) in [5.74, 6) is -0.270. The van der Waals surface area contributed by atoms with Gasteiger partial charge in [0.25, 0.3) is 5.91 Å². The SMILES string of the molecule is Cc1cc(C)n(Cc2ccc(C(=O)NCCC(=O)NCc3ccccc3)cc2)n1. The Hall–Kier alpha value is -3.41. The molecule has 1 aromatic heterocycles. The Bertz CT molecular complexity index is 962. The summed E-state index contributed by atoms with van der Waals surface area (Å²) < 4.78 is 1.94. The second kappa shape index (κ2) is 9.68. The van der Waals surface area contributed by atoms with Gasteiger partial charge in [-0.1, -0.05) is 42.5 Å². The number of benzene rings is 2. The summed E-state index contributed by atoms with van der Waals surface area (Å²) in [4.78, 5) is 24.2. The van der Waals surface area contributed by atoms with Crippen LogP contribution in [0.3, 0.4) is 0 Å². The Morgan fingerprint density at radius 3 is 2.31 bits per heavy atom. The normalized spacial score (nSPS) is 10.6. The summed E-state index contributed by atoms with van der Waals surface area (Å²) in [7, 11) is 0. The molecule has 0 fully saturated rings. The van der Waals surface area contributed by atoms with Crippen LogP contribution in [0.25, 0.3) is 0 Å². The molecule has 3 rings (SSSR count). The molecule has 0 aliphatic heterocycles. The highest BCUT2D eigenvalue weighted by Crippen LogP contribution is 2.09. The van der Waals surface area contributed by atoms with E-state index in [1.807, 2.05) is 67.1 Å². The molecule has 6 nitrogen and oxygen atoms in total. The van der Waals surface area contributed by atoms with Crippen LogP contribution in [0.2, 0.25) is 0 Å². The van der Waals surface area contributed by atoms with E-state index >= 15 is 0 Å². The van der Waals surface area contributed by atoms with E-state index in [2.05, 4.69) is 15.7 Å². The Balaban J connectivity index is 1.42. The lowest BCUT2D eigenvalue weighted by Crippen LogP contribution is -2.30. The number of nitrogens with one attached hydrogen (secondary N) is 2. The van der Waals surface area contributed by atoms with Crippen LogP contribution in [0.4, 0.5) is 0 Å². The zero-order valence-electron chi connectivity index (χ0n) is 16.8. The average Bonchev–Trinajstić information content (AvgIpc) is 3.04. The highest BCUT2D eigenvalue weighted by Gasteiger charge is 2.08. The maximum Gasteiger partial charge on any atom is 0.251 e. The number of aromatic nitrogens is 2. The standard InChI is InChI=1S/C23H26N4O2/c1-17-14-18(2)27(26-17)16-20-8-10-21(11-9-20)23(29)24-13-12-22(28)25-15-19-6-4-3-5-7-19/h3-11,14H,12-13,15-16H2,1-2H3,(H,24,29)(H,25,28). The lowest BCUT2D eigenvalue weighted by Gasteiger charge is -2.08. The van der Waals surface area contributed by atoms with Gasteiger partial charge in [0, 0.05) is 30.8 Å². The van der Waals surface area contributed by atoms with E-state index in [4.69, 9.17) is 0 Å². The molecule has 0 atom stereocenters. The highest BCUT2D eigenvalue weighted by molar-refractivity contribution is 5.94. The number of rotatable bonds is 8. The number of amides is 2. The minimum Gasteiger partial charge on any atom is -0.352 e. The van der Waals surface area contributed by atoms with E-state index < -0.39 is 0 Å². The van der Waals surface area contributed by atoms with E-state index in [9.17, 15) is 9.59 Å². The number of carbonyl (C=O) groups is 2. The van der Waals surface area contributed by atoms with Crippen LogP contribution >= 0.6 is 0 Å². The van der Waals surface area contributed by atoms with Crippen LogP contribution in [0.15, 0.2) is 60.7 Å². The van der Waals surface area contributed by atoms with Gasteiger partial charge in [0.2, 0.25) is 5.91 Å². The van der Waals surface area contributed by atoms with Crippen molar-refractivity contribution >= 4 is 11.8 Å². The molecule has 0 saturated carbocycles. The van der Waals surface area contributed by atoms with Gasteiger partial charge in [0.15, 0.2) is 0 Å². The maximum atomic E-state index is 12.3. The van der Waals surface area contributed by atoms with Gasteiger partial charge in [-0.3, -0.25) is 14.3 Å². The molecule has 29 heavy (non-hydrogen) atoms. The monoisotopic (exact) mass is 390 g/mol. The predicted molar refractivity (Wildman–Crippen MR) is 112 cm³/mol. The maximum absolute atomic E-state index is 12.3. The van der Waals surface area contributed by atoms with Gasteiger partial charge in [0.05, 0.1) is 12.2 Å². The molecule has 0 radical (unpaired) electrons. The number of carbonyl (C=O) groups excluding carboxylic acids is 2. The van der Waals surface area contributed by atoms with E-state index in [0.29, 0.717) is 25.2 Å². The third-order valence-corrected chi connectivity index (χ3v) is 4.62. The first kappa shape index (κ1) is 20.3. The zero-order valence-corrected chi connectivity index (χ0v) is 16.8. The van der Waals surface area contributed by atoms with Crippen molar-refractivity contribution < 1.29 is 9.59 Å². The minimum atomic E-state index is -0.182. The van der Waals surface area contributed by atoms with Crippen molar-refractivity contribution in [2.75, 3.05) is 6.54 Å². The average molecular weight is 390 g/mol. The zero-order chi connectivity index (χ0) is 20.6. The third-order valence-electron chi connectivity index (χ3n) is 4.62. The van der Waals surface area contributed by atoms with E-state index in [0.717, 1.165) is 22.5 Å². The quantitative estimate of drug-likeness (QED) is 0.621. The molecule has 2 aromatic carbocycles. The summed E-state index contributed by atoms with van der Waals surface area (Å²) >= 11 is 0. The van der Waals surface area contributed by atoms with Crippen LogP contribution in [0, 0.1) is 13.8 Å².